The van der Waals surface area contributed by atoms with Crippen LogP contribution in [0.5, 0.6) is 11.5 Å². The van der Waals surface area contributed by atoms with Gasteiger partial charge in [-0.05, 0) is 61.2 Å². The third-order valence-electron chi connectivity index (χ3n) is 6.98. The minimum absolute atomic E-state index is 0.0154. The number of benzene rings is 2. The summed E-state index contributed by atoms with van der Waals surface area (Å²) in [6.45, 7) is 5.93. The molecule has 8 heteroatoms. The molecule has 0 bridgehead atoms. The fourth-order valence-corrected chi connectivity index (χ4v) is 6.01. The fourth-order valence-electron chi connectivity index (χ4n) is 5.04. The van der Waals surface area contributed by atoms with E-state index in [1.165, 1.54) is 10.1 Å². The first-order valence-electron chi connectivity index (χ1n) is 13.1. The van der Waals surface area contributed by atoms with E-state index in [0.29, 0.717) is 44.2 Å². The molecule has 7 nitrogen and oxygen atoms in total. The van der Waals surface area contributed by atoms with Gasteiger partial charge in [0.25, 0.3) is 0 Å². The molecule has 4 heterocycles. The van der Waals surface area contributed by atoms with Gasteiger partial charge < -0.3 is 14.4 Å². The number of ether oxygens (including phenoxy) is 2. The molecule has 1 aliphatic rings. The van der Waals surface area contributed by atoms with Crippen molar-refractivity contribution in [1.29, 1.82) is 0 Å². The monoisotopic (exact) mass is 538 g/mol. The first-order valence-corrected chi connectivity index (χ1v) is 14.0. The van der Waals surface area contributed by atoms with Crippen LogP contribution in [0.4, 0.5) is 0 Å². The molecule has 1 amide bonds. The molecule has 3 aromatic heterocycles. The number of fused-ring (bicyclic) bond motifs is 2. The number of thiophene rings is 1. The predicted octanol–water partition coefficient (Wildman–Crippen LogP) is 5.82. The van der Waals surface area contributed by atoms with Crippen LogP contribution in [0.25, 0.3) is 21.2 Å². The van der Waals surface area contributed by atoms with Gasteiger partial charge in [-0.2, -0.15) is 5.10 Å². The summed E-state index contributed by atoms with van der Waals surface area (Å²) < 4.78 is 15.6. The summed E-state index contributed by atoms with van der Waals surface area (Å²) in [4.78, 5) is 19.6. The summed E-state index contributed by atoms with van der Waals surface area (Å²) in [6.07, 6.45) is 2.49. The Kier molecular flexibility index (Phi) is 7.02. The van der Waals surface area contributed by atoms with E-state index in [-0.39, 0.29) is 12.5 Å². The van der Waals surface area contributed by atoms with E-state index in [2.05, 4.69) is 51.9 Å². The minimum Gasteiger partial charge on any atom is -0.489 e. The number of aromatic nitrogens is 3. The lowest BCUT2D eigenvalue weighted by atomic mass is 10.0. The Balaban J connectivity index is 1.32. The number of nitrogens with zero attached hydrogens (tertiary/aromatic N) is 4. The second kappa shape index (κ2) is 10.9. The van der Waals surface area contributed by atoms with E-state index in [4.69, 9.17) is 9.47 Å². The lowest BCUT2D eigenvalue weighted by Crippen LogP contribution is -2.35. The summed E-state index contributed by atoms with van der Waals surface area (Å²) in [5.41, 5.74) is 6.00. The largest absolute Gasteiger partial charge is 0.489 e. The van der Waals surface area contributed by atoms with Crippen LogP contribution in [0.1, 0.15) is 22.6 Å². The second-order valence-corrected chi connectivity index (χ2v) is 10.7. The lowest BCUT2D eigenvalue weighted by molar-refractivity contribution is -0.132. The van der Waals surface area contributed by atoms with Gasteiger partial charge in [0.05, 0.1) is 18.8 Å². The zero-order chi connectivity index (χ0) is 26.8. The van der Waals surface area contributed by atoms with Crippen molar-refractivity contribution in [2.24, 2.45) is 0 Å². The smallest absolute Gasteiger partial charge is 0.244 e. The molecular formula is C31H30N4O3S. The summed E-state index contributed by atoms with van der Waals surface area (Å²) >= 11 is 1.73. The Bertz CT molecular complexity index is 1630. The standard InChI is InChI=1S/C31H30N4O3S/c1-21-15-22(2)35(33-21)19-30(36)34-12-14-38-31-24(18-34)16-23(27-20-39-29-9-4-3-8-26(27)29)17-28(31)37-13-10-25-7-5-6-11-32-25/h3-9,11,15-17,20H,10,12-14,18-19H2,1-2H3. The van der Waals surface area contributed by atoms with E-state index < -0.39 is 0 Å². The number of amides is 1. The molecule has 0 atom stereocenters. The number of hydrogen-bond donors (Lipinski definition) is 0. The summed E-state index contributed by atoms with van der Waals surface area (Å²) in [5, 5.41) is 7.87. The van der Waals surface area contributed by atoms with Gasteiger partial charge in [0.15, 0.2) is 11.5 Å². The molecule has 0 spiro atoms. The van der Waals surface area contributed by atoms with Gasteiger partial charge >= 0.3 is 0 Å². The zero-order valence-corrected chi connectivity index (χ0v) is 22.9. The zero-order valence-electron chi connectivity index (χ0n) is 22.1. The topological polar surface area (TPSA) is 69.5 Å². The van der Waals surface area contributed by atoms with E-state index in [1.807, 2.05) is 43.0 Å². The average molecular weight is 539 g/mol. The Morgan fingerprint density at radius 1 is 1.10 bits per heavy atom. The highest BCUT2D eigenvalue weighted by Gasteiger charge is 2.25. The van der Waals surface area contributed by atoms with Crippen molar-refractivity contribution < 1.29 is 14.3 Å². The van der Waals surface area contributed by atoms with Gasteiger partial charge in [-0.25, -0.2) is 0 Å². The van der Waals surface area contributed by atoms with Crippen molar-refractivity contribution in [3.63, 3.8) is 0 Å². The highest BCUT2D eigenvalue weighted by Crippen LogP contribution is 2.42. The van der Waals surface area contributed by atoms with Crippen LogP contribution < -0.4 is 9.47 Å². The number of pyridine rings is 1. The molecule has 5 aromatic rings. The predicted molar refractivity (Wildman–Crippen MR) is 153 cm³/mol. The van der Waals surface area contributed by atoms with Gasteiger partial charge in [-0.1, -0.05) is 24.3 Å². The van der Waals surface area contributed by atoms with E-state index in [1.54, 1.807) is 22.2 Å². The molecule has 198 valence electrons. The van der Waals surface area contributed by atoms with Crippen molar-refractivity contribution in [2.75, 3.05) is 19.8 Å². The number of aryl methyl sites for hydroxylation is 2. The first kappa shape index (κ1) is 25.1. The Morgan fingerprint density at radius 2 is 1.97 bits per heavy atom. The molecule has 2 aromatic carbocycles. The van der Waals surface area contributed by atoms with Crippen LogP contribution in [0.15, 0.2) is 72.2 Å². The summed E-state index contributed by atoms with van der Waals surface area (Å²) in [5.74, 6) is 1.42. The molecular weight excluding hydrogens is 508 g/mol. The van der Waals surface area contributed by atoms with Crippen LogP contribution >= 0.6 is 11.3 Å². The molecule has 0 saturated carbocycles. The quantitative estimate of drug-likeness (QED) is 0.261. The molecule has 1 aliphatic heterocycles. The lowest BCUT2D eigenvalue weighted by Gasteiger charge is -2.21. The highest BCUT2D eigenvalue weighted by atomic mass is 32.1. The molecule has 6 rings (SSSR count). The van der Waals surface area contributed by atoms with Crippen LogP contribution in [0.2, 0.25) is 0 Å². The Labute approximate surface area is 231 Å². The molecule has 0 radical (unpaired) electrons. The number of rotatable bonds is 7. The third-order valence-corrected chi connectivity index (χ3v) is 7.94. The Morgan fingerprint density at radius 3 is 2.79 bits per heavy atom. The maximum absolute atomic E-state index is 13.4. The molecule has 0 fully saturated rings. The van der Waals surface area contributed by atoms with E-state index >= 15 is 0 Å². The highest BCUT2D eigenvalue weighted by molar-refractivity contribution is 7.17. The van der Waals surface area contributed by atoms with Gasteiger partial charge in [0.1, 0.15) is 13.2 Å². The van der Waals surface area contributed by atoms with E-state index in [9.17, 15) is 4.79 Å². The van der Waals surface area contributed by atoms with Crippen LogP contribution in [0.3, 0.4) is 0 Å². The molecule has 0 saturated heterocycles. The van der Waals surface area contributed by atoms with Gasteiger partial charge in [0.2, 0.25) is 5.91 Å². The van der Waals surface area contributed by atoms with Crippen LogP contribution in [0, 0.1) is 13.8 Å². The van der Waals surface area contributed by atoms with Crippen LogP contribution in [-0.4, -0.2) is 45.3 Å². The molecule has 0 aliphatic carbocycles. The minimum atomic E-state index is 0.0154. The van der Waals surface area contributed by atoms with Crippen molar-refractivity contribution >= 4 is 27.3 Å². The maximum atomic E-state index is 13.4. The van der Waals surface area contributed by atoms with Gasteiger partial charge in [-0.15, -0.1) is 11.3 Å². The maximum Gasteiger partial charge on any atom is 0.244 e. The van der Waals surface area contributed by atoms with Crippen molar-refractivity contribution in [3.05, 3.63) is 94.9 Å². The van der Waals surface area contributed by atoms with Crippen molar-refractivity contribution in [1.82, 2.24) is 19.7 Å². The van der Waals surface area contributed by atoms with Crippen molar-refractivity contribution in [2.45, 2.75) is 33.4 Å². The van der Waals surface area contributed by atoms with Gasteiger partial charge in [0, 0.05) is 51.8 Å². The third kappa shape index (κ3) is 5.38. The van der Waals surface area contributed by atoms with Crippen LogP contribution in [-0.2, 0) is 24.3 Å². The first-order chi connectivity index (χ1) is 19.0. The fraction of sp³-hybridized carbons (Fsp3) is 0.258. The normalized spacial score (nSPS) is 13.1. The second-order valence-electron chi connectivity index (χ2n) is 9.78. The summed E-state index contributed by atoms with van der Waals surface area (Å²) in [7, 11) is 0. The van der Waals surface area contributed by atoms with Crippen molar-refractivity contribution in [3.8, 4) is 22.6 Å². The number of carbonyl (C=O) groups excluding carboxylic acids is 1. The average Bonchev–Trinajstić information content (AvgIpc) is 3.43. The van der Waals surface area contributed by atoms with E-state index in [0.717, 1.165) is 33.8 Å². The molecule has 0 unspecified atom stereocenters. The van der Waals surface area contributed by atoms with Gasteiger partial charge in [-0.3, -0.25) is 14.5 Å². The SMILES string of the molecule is Cc1cc(C)n(CC(=O)N2CCOc3c(cc(-c4csc5ccccc45)cc3OCCc3ccccn3)C2)n1. The Hall–Kier alpha value is -4.17. The molecule has 0 N–H and O–H groups in total. The molecule has 39 heavy (non-hydrogen) atoms. The summed E-state index contributed by atoms with van der Waals surface area (Å²) in [6, 6.07) is 20.5. The number of hydrogen-bond acceptors (Lipinski definition) is 6. The number of carbonyl (C=O) groups is 1.